The number of hydrogen-bond acceptors (Lipinski definition) is 5. The van der Waals surface area contributed by atoms with Crippen molar-refractivity contribution in [2.24, 2.45) is 0 Å². The highest BCUT2D eigenvalue weighted by molar-refractivity contribution is 5.86. The maximum absolute atomic E-state index is 13.3. The topological polar surface area (TPSA) is 82.3 Å². The molecule has 140 valence electrons. The van der Waals surface area contributed by atoms with Gasteiger partial charge in [0.2, 0.25) is 5.91 Å². The van der Waals surface area contributed by atoms with Gasteiger partial charge in [0.1, 0.15) is 0 Å². The first-order valence-corrected chi connectivity index (χ1v) is 9.55. The van der Waals surface area contributed by atoms with E-state index in [1.54, 1.807) is 6.33 Å². The summed E-state index contributed by atoms with van der Waals surface area (Å²) in [5.41, 5.74) is 2.93. The second-order valence-corrected chi connectivity index (χ2v) is 7.06. The van der Waals surface area contributed by atoms with E-state index in [0.29, 0.717) is 12.6 Å². The summed E-state index contributed by atoms with van der Waals surface area (Å²) in [6, 6.07) is 6.44. The van der Waals surface area contributed by atoms with E-state index in [9.17, 15) is 4.79 Å². The number of carbonyl (C=O) groups excluding carboxylic acids is 1. The van der Waals surface area contributed by atoms with E-state index in [0.717, 1.165) is 69.2 Å². The molecule has 3 N–H and O–H groups in total. The summed E-state index contributed by atoms with van der Waals surface area (Å²) in [5, 5.41) is 6.93. The molecule has 0 spiro atoms. The Kier molecular flexibility index (Phi) is 5.48. The number of aromatic nitrogens is 2. The number of piperazine rings is 1. The van der Waals surface area contributed by atoms with Crippen molar-refractivity contribution >= 4 is 5.91 Å². The third kappa shape index (κ3) is 3.75. The Balaban J connectivity index is 1.56. The molecule has 2 saturated heterocycles. The van der Waals surface area contributed by atoms with E-state index in [1.807, 2.05) is 23.1 Å². The Morgan fingerprint density at radius 3 is 2.92 bits per heavy atom. The quantitative estimate of drug-likeness (QED) is 0.737. The van der Waals surface area contributed by atoms with Gasteiger partial charge in [0.15, 0.2) is 0 Å². The summed E-state index contributed by atoms with van der Waals surface area (Å²) in [6.45, 7) is 5.47. The zero-order valence-electron chi connectivity index (χ0n) is 15.0. The first-order valence-electron chi connectivity index (χ1n) is 9.55. The predicted molar refractivity (Wildman–Crippen MR) is 99.2 cm³/mol. The molecule has 0 aromatic heterocycles. The molecule has 4 aliphatic rings. The van der Waals surface area contributed by atoms with Gasteiger partial charge in [-0.25, -0.2) is 4.98 Å². The lowest BCUT2D eigenvalue weighted by atomic mass is 9.96. The molecule has 3 heterocycles. The van der Waals surface area contributed by atoms with Crippen LogP contribution in [0.5, 0.6) is 0 Å². The van der Waals surface area contributed by atoms with Crippen molar-refractivity contribution in [1.82, 2.24) is 25.5 Å². The number of nitrogens with one attached hydrogen (secondary N) is 3. The second-order valence-electron chi connectivity index (χ2n) is 7.06. The zero-order chi connectivity index (χ0) is 17.8. The molecule has 0 bridgehead atoms. The molecule has 2 fully saturated rings. The Morgan fingerprint density at radius 1 is 1.31 bits per heavy atom. The van der Waals surface area contributed by atoms with Crippen LogP contribution >= 0.6 is 0 Å². The van der Waals surface area contributed by atoms with Crippen molar-refractivity contribution in [2.45, 2.75) is 24.8 Å². The fraction of sp³-hybridized carbons (Fsp3) is 0.579. The fourth-order valence-electron chi connectivity index (χ4n) is 3.89. The maximum atomic E-state index is 13.3. The van der Waals surface area contributed by atoms with Gasteiger partial charge in [-0.1, -0.05) is 12.1 Å². The van der Waals surface area contributed by atoms with Crippen LogP contribution in [0.3, 0.4) is 0 Å². The Morgan fingerprint density at radius 2 is 2.12 bits per heavy atom. The molecule has 1 unspecified atom stereocenters. The standard InChI is InChI=1S/C19H27N5O2/c25-19(24-8-6-20-7-9-24)16(12-21-14-4-10-26-11-5-14)18-15-2-1-3-17(15)22-13-23-18/h1-3,13-14,16,20-21H,4-12H2,(H,22,23). The summed E-state index contributed by atoms with van der Waals surface area (Å²) >= 11 is 0. The monoisotopic (exact) mass is 357 g/mol. The van der Waals surface area contributed by atoms with Crippen molar-refractivity contribution in [3.63, 3.8) is 0 Å². The maximum Gasteiger partial charge on any atom is 0.233 e. The van der Waals surface area contributed by atoms with Crippen LogP contribution in [0.4, 0.5) is 0 Å². The highest BCUT2D eigenvalue weighted by atomic mass is 16.5. The normalized spacial score (nSPS) is 20.4. The van der Waals surface area contributed by atoms with Crippen molar-refractivity contribution < 1.29 is 9.53 Å². The number of ether oxygens (including phenoxy) is 1. The largest absolute Gasteiger partial charge is 0.381 e. The molecule has 4 rings (SSSR count). The van der Waals surface area contributed by atoms with E-state index in [-0.39, 0.29) is 11.8 Å². The number of aromatic amines is 1. The van der Waals surface area contributed by atoms with Crippen LogP contribution in [0.1, 0.15) is 24.5 Å². The molecule has 0 aromatic carbocycles. The van der Waals surface area contributed by atoms with Crippen molar-refractivity contribution in [2.75, 3.05) is 45.9 Å². The van der Waals surface area contributed by atoms with Gasteiger partial charge < -0.3 is 25.3 Å². The fourth-order valence-corrected chi connectivity index (χ4v) is 3.89. The van der Waals surface area contributed by atoms with E-state index < -0.39 is 0 Å². The smallest absolute Gasteiger partial charge is 0.233 e. The highest BCUT2D eigenvalue weighted by Crippen LogP contribution is 2.29. The molecule has 1 amide bonds. The summed E-state index contributed by atoms with van der Waals surface area (Å²) in [5.74, 6) is -0.0418. The van der Waals surface area contributed by atoms with Crippen molar-refractivity contribution in [3.8, 4) is 11.3 Å². The van der Waals surface area contributed by atoms with Gasteiger partial charge >= 0.3 is 0 Å². The number of H-pyrrole nitrogens is 1. The van der Waals surface area contributed by atoms with Crippen LogP contribution in [0.15, 0.2) is 24.5 Å². The number of rotatable bonds is 5. The van der Waals surface area contributed by atoms with Crippen molar-refractivity contribution in [3.05, 3.63) is 30.2 Å². The molecular weight excluding hydrogens is 330 g/mol. The molecule has 0 aromatic rings. The highest BCUT2D eigenvalue weighted by Gasteiger charge is 2.30. The third-order valence-electron chi connectivity index (χ3n) is 5.41. The summed E-state index contributed by atoms with van der Waals surface area (Å²) in [7, 11) is 0. The Hall–Kier alpha value is -1.96. The van der Waals surface area contributed by atoms with Gasteiger partial charge in [0, 0.05) is 63.2 Å². The molecule has 1 atom stereocenters. The average Bonchev–Trinajstić information content (AvgIpc) is 3.19. The van der Waals surface area contributed by atoms with Crippen LogP contribution in [-0.2, 0) is 9.53 Å². The number of amides is 1. The van der Waals surface area contributed by atoms with Crippen LogP contribution in [0.2, 0.25) is 0 Å². The second kappa shape index (κ2) is 8.16. The van der Waals surface area contributed by atoms with Gasteiger partial charge in [-0.05, 0) is 18.9 Å². The number of nitrogens with zero attached hydrogens (tertiary/aromatic N) is 2. The lowest BCUT2D eigenvalue weighted by molar-refractivity contribution is -0.133. The minimum atomic E-state index is -0.233. The lowest BCUT2D eigenvalue weighted by Gasteiger charge is -2.32. The number of carbonyl (C=O) groups is 1. The third-order valence-corrected chi connectivity index (χ3v) is 5.41. The van der Waals surface area contributed by atoms with Crippen molar-refractivity contribution in [1.29, 1.82) is 0 Å². The summed E-state index contributed by atoms with van der Waals surface area (Å²) in [4.78, 5) is 23.0. The average molecular weight is 357 g/mol. The molecule has 7 nitrogen and oxygen atoms in total. The van der Waals surface area contributed by atoms with E-state index in [2.05, 4.69) is 20.6 Å². The van der Waals surface area contributed by atoms with E-state index in [4.69, 9.17) is 4.74 Å². The molecule has 0 saturated carbocycles. The van der Waals surface area contributed by atoms with Crippen LogP contribution < -0.4 is 10.6 Å². The molecule has 7 heteroatoms. The SMILES string of the molecule is O=C(C(CNC1CCOCC1)c1[nH]cnc2cccc1-2)N1CCNCC1. The number of hydrogen-bond donors (Lipinski definition) is 3. The van der Waals surface area contributed by atoms with E-state index >= 15 is 0 Å². The first kappa shape index (κ1) is 17.5. The van der Waals surface area contributed by atoms with Gasteiger partial charge in [-0.15, -0.1) is 0 Å². The lowest BCUT2D eigenvalue weighted by Crippen LogP contribution is -2.50. The number of fused-ring (bicyclic) bond motifs is 1. The minimum Gasteiger partial charge on any atom is -0.381 e. The Labute approximate surface area is 153 Å². The molecule has 1 aliphatic carbocycles. The molecular formula is C19H27N5O2. The Bertz CT molecular complexity index is 691. The van der Waals surface area contributed by atoms with Gasteiger partial charge in [0.25, 0.3) is 0 Å². The van der Waals surface area contributed by atoms with Crippen LogP contribution in [0.25, 0.3) is 11.3 Å². The molecule has 3 aliphatic heterocycles. The molecule has 0 radical (unpaired) electrons. The predicted octanol–water partition coefficient (Wildman–Crippen LogP) is 0.798. The van der Waals surface area contributed by atoms with Gasteiger partial charge in [0.05, 0.1) is 17.9 Å². The molecule has 26 heavy (non-hydrogen) atoms. The van der Waals surface area contributed by atoms with Gasteiger partial charge in [-0.3, -0.25) is 4.79 Å². The summed E-state index contributed by atoms with van der Waals surface area (Å²) in [6.07, 6.45) is 3.70. The van der Waals surface area contributed by atoms with Crippen LogP contribution in [0, 0.1) is 0 Å². The zero-order valence-corrected chi connectivity index (χ0v) is 15.0. The first-order chi connectivity index (χ1) is 12.8. The summed E-state index contributed by atoms with van der Waals surface area (Å²) < 4.78 is 5.44. The minimum absolute atomic E-state index is 0.191. The van der Waals surface area contributed by atoms with E-state index in [1.165, 1.54) is 0 Å². The van der Waals surface area contributed by atoms with Gasteiger partial charge in [-0.2, -0.15) is 0 Å². The van der Waals surface area contributed by atoms with Crippen LogP contribution in [-0.4, -0.2) is 72.8 Å².